The van der Waals surface area contributed by atoms with Crippen LogP contribution < -0.4 is 0 Å². The van der Waals surface area contributed by atoms with Gasteiger partial charge in [-0.3, -0.25) is 0 Å². The summed E-state index contributed by atoms with van der Waals surface area (Å²) >= 11 is 1.89. The van der Waals surface area contributed by atoms with Gasteiger partial charge < -0.3 is 8.97 Å². The van der Waals surface area contributed by atoms with Crippen molar-refractivity contribution in [2.75, 3.05) is 0 Å². The van der Waals surface area contributed by atoms with E-state index in [2.05, 4.69) is 174 Å². The molecule has 11 aromatic rings. The second-order valence-electron chi connectivity index (χ2n) is 14.8. The zero-order valence-corrected chi connectivity index (χ0v) is 29.5. The van der Waals surface area contributed by atoms with E-state index in [0.717, 1.165) is 33.5 Å². The Labute approximate surface area is 303 Å². The van der Waals surface area contributed by atoms with E-state index >= 15 is 0 Å². The summed E-state index contributed by atoms with van der Waals surface area (Å²) in [4.78, 5) is 5.27. The lowest BCUT2D eigenvalue weighted by Gasteiger charge is -2.21. The molecule has 12 rings (SSSR count). The van der Waals surface area contributed by atoms with Gasteiger partial charge in [0.1, 0.15) is 0 Å². The molecule has 4 aromatic heterocycles. The highest BCUT2D eigenvalue weighted by Crippen LogP contribution is 2.51. The highest BCUT2D eigenvalue weighted by molar-refractivity contribution is 7.25. The van der Waals surface area contributed by atoms with Crippen molar-refractivity contribution < 1.29 is 0 Å². The first kappa shape index (κ1) is 28.5. The summed E-state index contributed by atoms with van der Waals surface area (Å²) in [5, 5.41) is 6.45. The Balaban J connectivity index is 1.13. The first-order chi connectivity index (χ1) is 25.5. The maximum atomic E-state index is 5.27. The van der Waals surface area contributed by atoms with Gasteiger partial charge in [0.2, 0.25) is 0 Å². The van der Waals surface area contributed by atoms with Gasteiger partial charge in [-0.1, -0.05) is 98.8 Å². The van der Waals surface area contributed by atoms with Crippen LogP contribution >= 0.6 is 11.3 Å². The third-order valence-corrected chi connectivity index (χ3v) is 12.8. The molecule has 0 amide bonds. The lowest BCUT2D eigenvalue weighted by atomic mass is 9.82. The molecular formula is C48H31N3S. The van der Waals surface area contributed by atoms with E-state index in [1.54, 1.807) is 0 Å². The molecular weight excluding hydrogens is 651 g/mol. The first-order valence-electron chi connectivity index (χ1n) is 18.0. The maximum Gasteiger partial charge on any atom is 0.0950 e. The fourth-order valence-corrected chi connectivity index (χ4v) is 10.3. The van der Waals surface area contributed by atoms with Crippen LogP contribution in [0.4, 0.5) is 0 Å². The molecule has 7 aromatic carbocycles. The van der Waals surface area contributed by atoms with E-state index in [4.69, 9.17) is 4.98 Å². The SMILES string of the molecule is CC1(C)c2ccccc2-c2cc3c(cc21)c1cc2sc4ccccc4c2cc1n3-c1ccc(-c2nc3ccccc3n3c2cc2ccccc23)cc1. The summed E-state index contributed by atoms with van der Waals surface area (Å²) in [7, 11) is 0. The van der Waals surface area contributed by atoms with Crippen molar-refractivity contribution in [1.29, 1.82) is 0 Å². The van der Waals surface area contributed by atoms with Crippen LogP contribution in [0.25, 0.3) is 97.5 Å². The van der Waals surface area contributed by atoms with Gasteiger partial charge in [-0.25, -0.2) is 4.98 Å². The number of hydrogen-bond acceptors (Lipinski definition) is 2. The number of hydrogen-bond donors (Lipinski definition) is 0. The minimum Gasteiger partial charge on any atom is -0.309 e. The van der Waals surface area contributed by atoms with Gasteiger partial charge in [0.25, 0.3) is 0 Å². The fourth-order valence-electron chi connectivity index (χ4n) is 9.20. The van der Waals surface area contributed by atoms with Crippen molar-refractivity contribution in [1.82, 2.24) is 14.0 Å². The van der Waals surface area contributed by atoms with E-state index in [1.807, 2.05) is 11.3 Å². The number of fused-ring (bicyclic) bond motifs is 14. The minimum absolute atomic E-state index is 0.0697. The molecule has 0 saturated heterocycles. The molecule has 0 fully saturated rings. The van der Waals surface area contributed by atoms with Crippen molar-refractivity contribution >= 4 is 80.8 Å². The molecule has 4 heterocycles. The Morgan fingerprint density at radius 2 is 1.23 bits per heavy atom. The van der Waals surface area contributed by atoms with Crippen LogP contribution in [0.2, 0.25) is 0 Å². The molecule has 4 heteroatoms. The standard InChI is InChI=1S/C48H31N3S/c1-48(2)37-14-6-4-12-31(37)33-25-42-34(24-38(33)48)35-27-46-36(32-13-5-10-18-45(32)52-46)26-43(35)50(42)30-21-19-28(20-22-30)47-44-23-29-11-3-8-16-40(29)51(44)41-17-9-7-15-39(41)49-47/h3-27H,1-2H3. The van der Waals surface area contributed by atoms with Crippen molar-refractivity contribution in [3.8, 4) is 28.1 Å². The number of benzene rings is 7. The molecule has 0 bridgehead atoms. The molecule has 0 radical (unpaired) electrons. The van der Waals surface area contributed by atoms with Gasteiger partial charge in [-0.05, 0) is 89.0 Å². The summed E-state index contributed by atoms with van der Waals surface area (Å²) in [5.41, 5.74) is 15.5. The Bertz CT molecular complexity index is 3320. The lowest BCUT2D eigenvalue weighted by Crippen LogP contribution is -2.14. The molecule has 52 heavy (non-hydrogen) atoms. The second-order valence-corrected chi connectivity index (χ2v) is 15.9. The Kier molecular flexibility index (Phi) is 5.46. The number of thiophene rings is 1. The molecule has 1 aliphatic rings. The van der Waals surface area contributed by atoms with E-state index in [9.17, 15) is 0 Å². The first-order valence-corrected chi connectivity index (χ1v) is 18.8. The fraction of sp³-hybridized carbons (Fsp3) is 0.0625. The van der Waals surface area contributed by atoms with E-state index in [0.29, 0.717) is 0 Å². The summed E-state index contributed by atoms with van der Waals surface area (Å²) in [5.74, 6) is 0. The predicted molar refractivity (Wildman–Crippen MR) is 220 cm³/mol. The largest absolute Gasteiger partial charge is 0.309 e. The quantitative estimate of drug-likeness (QED) is 0.178. The lowest BCUT2D eigenvalue weighted by molar-refractivity contribution is 0.661. The molecule has 3 nitrogen and oxygen atoms in total. The van der Waals surface area contributed by atoms with Crippen LogP contribution in [0, 0.1) is 0 Å². The normalized spacial score (nSPS) is 13.7. The summed E-state index contributed by atoms with van der Waals surface area (Å²) < 4.78 is 7.51. The number of nitrogens with zero attached hydrogens (tertiary/aromatic N) is 3. The molecule has 244 valence electrons. The molecule has 0 N–H and O–H groups in total. The summed E-state index contributed by atoms with van der Waals surface area (Å²) in [6.07, 6.45) is 0. The van der Waals surface area contributed by atoms with Crippen LogP contribution in [0.5, 0.6) is 0 Å². The zero-order chi connectivity index (χ0) is 34.3. The zero-order valence-electron chi connectivity index (χ0n) is 28.7. The predicted octanol–water partition coefficient (Wildman–Crippen LogP) is 13.1. The van der Waals surface area contributed by atoms with Crippen LogP contribution in [0.3, 0.4) is 0 Å². The highest BCUT2D eigenvalue weighted by Gasteiger charge is 2.36. The van der Waals surface area contributed by atoms with E-state index in [1.165, 1.54) is 75.1 Å². The van der Waals surface area contributed by atoms with Crippen LogP contribution in [0.15, 0.2) is 152 Å². The Morgan fingerprint density at radius 1 is 0.500 bits per heavy atom. The van der Waals surface area contributed by atoms with Gasteiger partial charge in [-0.2, -0.15) is 0 Å². The number of aromatic nitrogens is 3. The van der Waals surface area contributed by atoms with E-state index in [-0.39, 0.29) is 5.41 Å². The average Bonchev–Trinajstić information content (AvgIpc) is 3.90. The average molecular weight is 682 g/mol. The topological polar surface area (TPSA) is 22.2 Å². The molecule has 0 atom stereocenters. The van der Waals surface area contributed by atoms with Gasteiger partial charge >= 0.3 is 0 Å². The Morgan fingerprint density at radius 3 is 2.13 bits per heavy atom. The summed E-state index contributed by atoms with van der Waals surface area (Å²) in [6, 6.07) is 56.0. The highest BCUT2D eigenvalue weighted by atomic mass is 32.1. The van der Waals surface area contributed by atoms with Gasteiger partial charge in [0.15, 0.2) is 0 Å². The maximum absolute atomic E-state index is 5.27. The molecule has 1 aliphatic carbocycles. The van der Waals surface area contributed by atoms with Gasteiger partial charge in [0.05, 0.1) is 38.8 Å². The number of para-hydroxylation sites is 3. The van der Waals surface area contributed by atoms with Crippen LogP contribution in [0.1, 0.15) is 25.0 Å². The van der Waals surface area contributed by atoms with Gasteiger partial charge in [-0.15, -0.1) is 11.3 Å². The molecule has 0 unspecified atom stereocenters. The minimum atomic E-state index is -0.0697. The molecule has 0 spiro atoms. The van der Waals surface area contributed by atoms with Crippen molar-refractivity contribution in [3.05, 3.63) is 163 Å². The van der Waals surface area contributed by atoms with E-state index < -0.39 is 0 Å². The third-order valence-electron chi connectivity index (χ3n) is 11.7. The Hall–Kier alpha value is -6.23. The van der Waals surface area contributed by atoms with Gasteiger partial charge in [0, 0.05) is 53.0 Å². The number of rotatable bonds is 2. The second kappa shape index (κ2) is 9.97. The van der Waals surface area contributed by atoms with Crippen LogP contribution in [-0.2, 0) is 5.41 Å². The molecule has 0 saturated carbocycles. The summed E-state index contributed by atoms with van der Waals surface area (Å²) in [6.45, 7) is 4.74. The molecule has 0 aliphatic heterocycles. The smallest absolute Gasteiger partial charge is 0.0950 e. The monoisotopic (exact) mass is 681 g/mol. The van der Waals surface area contributed by atoms with Crippen molar-refractivity contribution in [2.45, 2.75) is 19.3 Å². The van der Waals surface area contributed by atoms with Crippen molar-refractivity contribution in [2.24, 2.45) is 0 Å². The van der Waals surface area contributed by atoms with Crippen LogP contribution in [-0.4, -0.2) is 14.0 Å². The van der Waals surface area contributed by atoms with Crippen molar-refractivity contribution in [3.63, 3.8) is 0 Å². The third kappa shape index (κ3) is 3.67.